The Hall–Kier alpha value is -1.73. The number of hydrogen-bond donors (Lipinski definition) is 2. The second-order valence-electron chi connectivity index (χ2n) is 8.68. The Labute approximate surface area is 196 Å². The lowest BCUT2D eigenvalue weighted by Gasteiger charge is -2.34. The summed E-state index contributed by atoms with van der Waals surface area (Å²) < 4.78 is 12.9. The lowest BCUT2D eigenvalue weighted by atomic mass is 10.1. The van der Waals surface area contributed by atoms with E-state index in [1.165, 1.54) is 5.56 Å². The highest BCUT2D eigenvalue weighted by molar-refractivity contribution is 7.85. The smallest absolute Gasteiger partial charge is 0.245 e. The van der Waals surface area contributed by atoms with E-state index < -0.39 is 16.8 Å². The van der Waals surface area contributed by atoms with Crippen LogP contribution < -0.4 is 10.6 Å². The van der Waals surface area contributed by atoms with Gasteiger partial charge < -0.3 is 15.5 Å². The van der Waals surface area contributed by atoms with E-state index in [-0.39, 0.29) is 29.9 Å². The van der Waals surface area contributed by atoms with E-state index in [1.807, 2.05) is 36.9 Å². The molecular formula is C25H41N3O3S. The lowest BCUT2D eigenvalue weighted by molar-refractivity contribution is -0.139. The fourth-order valence-corrected chi connectivity index (χ4v) is 5.97. The van der Waals surface area contributed by atoms with E-state index in [4.69, 9.17) is 0 Å². The van der Waals surface area contributed by atoms with Crippen molar-refractivity contribution in [3.63, 3.8) is 0 Å². The largest absolute Gasteiger partial charge is 0.343 e. The summed E-state index contributed by atoms with van der Waals surface area (Å²) >= 11 is 0. The maximum absolute atomic E-state index is 13.6. The zero-order valence-corrected chi connectivity index (χ0v) is 21.0. The number of benzene rings is 1. The molecule has 0 aliphatic carbocycles. The average molecular weight is 464 g/mol. The zero-order valence-electron chi connectivity index (χ0n) is 20.1. The van der Waals surface area contributed by atoms with Gasteiger partial charge in [-0.3, -0.25) is 13.8 Å². The molecule has 1 heterocycles. The first kappa shape index (κ1) is 26.5. The van der Waals surface area contributed by atoms with Crippen LogP contribution in [0.2, 0.25) is 0 Å². The molecule has 5 atom stereocenters. The number of amides is 2. The van der Waals surface area contributed by atoms with Crippen LogP contribution in [0.1, 0.15) is 64.9 Å². The predicted octanol–water partition coefficient (Wildman–Crippen LogP) is 3.03. The van der Waals surface area contributed by atoms with E-state index in [9.17, 15) is 13.8 Å². The highest BCUT2D eigenvalue weighted by Gasteiger charge is 2.40. The molecule has 2 amide bonds. The molecule has 180 valence electrons. The van der Waals surface area contributed by atoms with Crippen LogP contribution in [0.4, 0.5) is 0 Å². The number of nitrogens with zero attached hydrogens (tertiary/aromatic N) is 1. The molecular weight excluding hydrogens is 422 g/mol. The lowest BCUT2D eigenvalue weighted by Crippen LogP contribution is -2.55. The summed E-state index contributed by atoms with van der Waals surface area (Å²) in [5.74, 6) is 0.962. The monoisotopic (exact) mass is 463 g/mol. The van der Waals surface area contributed by atoms with Gasteiger partial charge in [-0.1, -0.05) is 57.5 Å². The molecule has 7 heteroatoms. The maximum atomic E-state index is 13.6. The van der Waals surface area contributed by atoms with Crippen molar-refractivity contribution in [1.82, 2.24) is 15.5 Å². The second kappa shape index (κ2) is 13.7. The number of aryl methyl sites for hydroxylation is 1. The SMILES string of the molecule is CCC[C@H]1CC[C@@H](C[S@@](=O)CCc2ccccc2)N1C(=O)C(CC)NC(=O)C(CC)NC. The van der Waals surface area contributed by atoms with E-state index in [0.717, 1.165) is 32.1 Å². The molecule has 0 radical (unpaired) electrons. The van der Waals surface area contributed by atoms with Gasteiger partial charge in [-0.05, 0) is 51.1 Å². The Bertz CT molecular complexity index is 739. The van der Waals surface area contributed by atoms with Gasteiger partial charge in [-0.2, -0.15) is 0 Å². The quantitative estimate of drug-likeness (QED) is 0.471. The Morgan fingerprint density at radius 2 is 1.72 bits per heavy atom. The number of hydrogen-bond acceptors (Lipinski definition) is 4. The van der Waals surface area contributed by atoms with Gasteiger partial charge in [0.05, 0.1) is 6.04 Å². The summed E-state index contributed by atoms with van der Waals surface area (Å²) in [4.78, 5) is 28.1. The summed E-state index contributed by atoms with van der Waals surface area (Å²) in [6.45, 7) is 6.01. The van der Waals surface area contributed by atoms with Crippen molar-refractivity contribution in [1.29, 1.82) is 0 Å². The molecule has 0 bridgehead atoms. The normalized spacial score (nSPS) is 21.2. The van der Waals surface area contributed by atoms with Crippen LogP contribution in [0.5, 0.6) is 0 Å². The fourth-order valence-electron chi connectivity index (χ4n) is 4.59. The third-order valence-corrected chi connectivity index (χ3v) is 7.85. The maximum Gasteiger partial charge on any atom is 0.245 e. The summed E-state index contributed by atoms with van der Waals surface area (Å²) in [5, 5.41) is 5.96. The molecule has 1 saturated heterocycles. The van der Waals surface area contributed by atoms with Gasteiger partial charge >= 0.3 is 0 Å². The standard InChI is InChI=1S/C25H41N3O3S/c1-5-11-20-14-15-21(18-32(31)17-16-19-12-9-8-10-13-19)28(20)25(30)23(7-3)27-24(29)22(6-2)26-4/h8-10,12-13,20-23,26H,5-7,11,14-18H2,1-4H3,(H,27,29)/t20-,21-,22?,23?,32-/m0/s1. The van der Waals surface area contributed by atoms with Crippen molar-refractivity contribution in [2.24, 2.45) is 0 Å². The Balaban J connectivity index is 2.06. The molecule has 2 unspecified atom stereocenters. The van der Waals surface area contributed by atoms with Crippen molar-refractivity contribution in [2.75, 3.05) is 18.6 Å². The third-order valence-electron chi connectivity index (χ3n) is 6.43. The minimum atomic E-state index is -0.994. The second-order valence-corrected chi connectivity index (χ2v) is 10.3. The summed E-state index contributed by atoms with van der Waals surface area (Å²) in [6, 6.07) is 9.41. The Kier molecular flexibility index (Phi) is 11.4. The highest BCUT2D eigenvalue weighted by Crippen LogP contribution is 2.29. The number of rotatable bonds is 13. The minimum absolute atomic E-state index is 0.0205. The molecule has 32 heavy (non-hydrogen) atoms. The van der Waals surface area contributed by atoms with Crippen LogP contribution in [0.25, 0.3) is 0 Å². The van der Waals surface area contributed by atoms with Gasteiger partial charge in [0.1, 0.15) is 6.04 Å². The predicted molar refractivity (Wildman–Crippen MR) is 132 cm³/mol. The average Bonchev–Trinajstić information content (AvgIpc) is 3.19. The molecule has 1 aliphatic heterocycles. The van der Waals surface area contributed by atoms with Crippen molar-refractivity contribution in [3.05, 3.63) is 35.9 Å². The molecule has 1 fully saturated rings. The van der Waals surface area contributed by atoms with Crippen LogP contribution >= 0.6 is 0 Å². The number of likely N-dealkylation sites (N-methyl/N-ethyl adjacent to an activating group) is 1. The van der Waals surface area contributed by atoms with Gasteiger partial charge in [0.2, 0.25) is 11.8 Å². The molecule has 1 aromatic rings. The molecule has 0 saturated carbocycles. The molecule has 6 nitrogen and oxygen atoms in total. The van der Waals surface area contributed by atoms with Crippen LogP contribution in [-0.4, -0.2) is 63.6 Å². The van der Waals surface area contributed by atoms with Gasteiger partial charge in [0, 0.05) is 34.4 Å². The Morgan fingerprint density at radius 1 is 1.06 bits per heavy atom. The van der Waals surface area contributed by atoms with Crippen molar-refractivity contribution in [3.8, 4) is 0 Å². The summed E-state index contributed by atoms with van der Waals surface area (Å²) in [5.41, 5.74) is 1.19. The van der Waals surface area contributed by atoms with E-state index in [0.29, 0.717) is 24.3 Å². The highest BCUT2D eigenvalue weighted by atomic mass is 32.2. The molecule has 0 aromatic heterocycles. The molecule has 1 aliphatic rings. The number of carbonyl (C=O) groups is 2. The topological polar surface area (TPSA) is 78.5 Å². The molecule has 0 spiro atoms. The fraction of sp³-hybridized carbons (Fsp3) is 0.680. The van der Waals surface area contributed by atoms with Crippen LogP contribution in [0, 0.1) is 0 Å². The van der Waals surface area contributed by atoms with E-state index in [1.54, 1.807) is 7.05 Å². The molecule has 1 aromatic carbocycles. The third kappa shape index (κ3) is 7.41. The van der Waals surface area contributed by atoms with Crippen LogP contribution in [-0.2, 0) is 26.8 Å². The van der Waals surface area contributed by atoms with Crippen molar-refractivity contribution >= 4 is 22.6 Å². The summed E-state index contributed by atoms with van der Waals surface area (Å²) in [6.07, 6.45) is 5.76. The molecule has 2 rings (SSSR count). The number of likely N-dealkylation sites (tertiary alicyclic amines) is 1. The van der Waals surface area contributed by atoms with Gasteiger partial charge in [0.25, 0.3) is 0 Å². The summed E-state index contributed by atoms with van der Waals surface area (Å²) in [7, 11) is 0.765. The first-order valence-electron chi connectivity index (χ1n) is 12.1. The van der Waals surface area contributed by atoms with Crippen LogP contribution in [0.15, 0.2) is 30.3 Å². The molecule has 2 N–H and O–H groups in total. The minimum Gasteiger partial charge on any atom is -0.343 e. The van der Waals surface area contributed by atoms with Gasteiger partial charge in [-0.15, -0.1) is 0 Å². The van der Waals surface area contributed by atoms with Crippen molar-refractivity contribution in [2.45, 2.75) is 89.9 Å². The van der Waals surface area contributed by atoms with Gasteiger partial charge in [0.15, 0.2) is 0 Å². The Morgan fingerprint density at radius 3 is 2.31 bits per heavy atom. The van der Waals surface area contributed by atoms with Gasteiger partial charge in [-0.25, -0.2) is 0 Å². The number of carbonyl (C=O) groups excluding carboxylic acids is 2. The van der Waals surface area contributed by atoms with E-state index in [2.05, 4.69) is 29.7 Å². The zero-order chi connectivity index (χ0) is 23.5. The first-order valence-corrected chi connectivity index (χ1v) is 13.6. The first-order chi connectivity index (χ1) is 15.4. The number of nitrogens with one attached hydrogen (secondary N) is 2. The van der Waals surface area contributed by atoms with E-state index >= 15 is 0 Å². The van der Waals surface area contributed by atoms with Crippen molar-refractivity contribution < 1.29 is 13.8 Å². The van der Waals surface area contributed by atoms with Crippen LogP contribution in [0.3, 0.4) is 0 Å².